The van der Waals surface area contributed by atoms with Gasteiger partial charge in [0.05, 0.1) is 22.3 Å². The van der Waals surface area contributed by atoms with Crippen molar-refractivity contribution in [2.24, 2.45) is 0 Å². The summed E-state index contributed by atoms with van der Waals surface area (Å²) >= 11 is 0. The lowest BCUT2D eigenvalue weighted by molar-refractivity contribution is 0.0574. The molecule has 2 aromatic rings. The maximum Gasteiger partial charge on any atom is 0.261 e. The van der Waals surface area contributed by atoms with Gasteiger partial charge in [-0.05, 0) is 48.2 Å². The van der Waals surface area contributed by atoms with Crippen LogP contribution in [0.1, 0.15) is 68.1 Å². The van der Waals surface area contributed by atoms with Crippen LogP contribution in [-0.4, -0.2) is 46.5 Å². The molecule has 0 spiro atoms. The third kappa shape index (κ3) is 2.41. The average molecular weight is 376 g/mol. The van der Waals surface area contributed by atoms with Crippen LogP contribution in [0.3, 0.4) is 0 Å². The fourth-order valence-electron chi connectivity index (χ4n) is 3.97. The predicted octanol–water partition coefficient (Wildman–Crippen LogP) is 3.36. The van der Waals surface area contributed by atoms with Gasteiger partial charge in [0, 0.05) is 13.1 Å². The Morgan fingerprint density at radius 3 is 1.64 bits per heavy atom. The molecule has 6 heteroatoms. The molecule has 0 N–H and O–H groups in total. The van der Waals surface area contributed by atoms with E-state index in [0.717, 1.165) is 16.0 Å². The van der Waals surface area contributed by atoms with E-state index in [1.54, 1.807) is 36.4 Å². The molecule has 2 aliphatic heterocycles. The zero-order valence-electron chi connectivity index (χ0n) is 16.0. The van der Waals surface area contributed by atoms with Crippen LogP contribution in [0.15, 0.2) is 36.4 Å². The van der Waals surface area contributed by atoms with Crippen LogP contribution in [0.2, 0.25) is 0 Å². The second-order valence-electron chi connectivity index (χ2n) is 7.14. The van der Waals surface area contributed by atoms with Gasteiger partial charge in [0.25, 0.3) is 23.6 Å². The number of imide groups is 2. The summed E-state index contributed by atoms with van der Waals surface area (Å²) in [6, 6.07) is 10.1. The largest absolute Gasteiger partial charge is 0.277 e. The Bertz CT molecular complexity index is 1050. The van der Waals surface area contributed by atoms with Crippen molar-refractivity contribution in [3.63, 3.8) is 0 Å². The van der Waals surface area contributed by atoms with E-state index in [4.69, 9.17) is 0 Å². The number of rotatable bonds is 4. The van der Waals surface area contributed by atoms with Gasteiger partial charge in [-0.2, -0.15) is 0 Å². The Morgan fingerprint density at radius 2 is 1.11 bits per heavy atom. The number of nitrogens with zero attached hydrogens (tertiary/aromatic N) is 2. The highest BCUT2D eigenvalue weighted by Gasteiger charge is 2.39. The quantitative estimate of drug-likeness (QED) is 0.767. The van der Waals surface area contributed by atoms with Gasteiger partial charge in [-0.3, -0.25) is 29.0 Å². The number of amides is 4. The van der Waals surface area contributed by atoms with E-state index in [1.165, 1.54) is 11.9 Å². The van der Waals surface area contributed by atoms with Crippen molar-refractivity contribution < 1.29 is 19.2 Å². The Hall–Kier alpha value is -3.28. The van der Waals surface area contributed by atoms with Gasteiger partial charge in [0.1, 0.15) is 0 Å². The van der Waals surface area contributed by atoms with Crippen LogP contribution in [0.4, 0.5) is 0 Å². The molecule has 0 radical (unpaired) electrons. The van der Waals surface area contributed by atoms with E-state index in [0.29, 0.717) is 35.1 Å². The normalized spacial score (nSPS) is 15.7. The minimum absolute atomic E-state index is 0.116. The number of carbonyl (C=O) groups excluding carboxylic acids is 4. The second-order valence-corrected chi connectivity index (χ2v) is 7.14. The number of benzene rings is 2. The summed E-state index contributed by atoms with van der Waals surface area (Å²) in [4.78, 5) is 52.3. The first kappa shape index (κ1) is 18.1. The van der Waals surface area contributed by atoms with Crippen molar-refractivity contribution in [2.45, 2.75) is 32.7 Å². The maximum absolute atomic E-state index is 12.9. The number of carbonyl (C=O) groups is 4. The van der Waals surface area contributed by atoms with Gasteiger partial charge in [-0.1, -0.05) is 26.0 Å². The fourth-order valence-corrected chi connectivity index (χ4v) is 3.97. The minimum atomic E-state index is -0.339. The molecule has 6 nitrogen and oxygen atoms in total. The Morgan fingerprint density at radius 1 is 0.679 bits per heavy atom. The Labute approximate surface area is 162 Å². The van der Waals surface area contributed by atoms with Crippen LogP contribution >= 0.6 is 0 Å². The second kappa shape index (κ2) is 6.41. The molecule has 28 heavy (non-hydrogen) atoms. The molecule has 0 fully saturated rings. The third-order valence-corrected chi connectivity index (χ3v) is 5.65. The highest BCUT2D eigenvalue weighted by Crippen LogP contribution is 2.33. The van der Waals surface area contributed by atoms with Crippen molar-refractivity contribution in [2.75, 3.05) is 7.05 Å². The first-order chi connectivity index (χ1) is 13.4. The molecule has 142 valence electrons. The topological polar surface area (TPSA) is 74.8 Å². The van der Waals surface area contributed by atoms with Crippen LogP contribution in [0, 0.1) is 0 Å². The van der Waals surface area contributed by atoms with Crippen LogP contribution in [0.25, 0.3) is 11.1 Å². The first-order valence-corrected chi connectivity index (χ1v) is 9.37. The van der Waals surface area contributed by atoms with Gasteiger partial charge in [0.2, 0.25) is 0 Å². The number of hydrogen-bond donors (Lipinski definition) is 0. The maximum atomic E-state index is 12.9. The molecule has 0 atom stereocenters. The molecule has 0 saturated heterocycles. The van der Waals surface area contributed by atoms with E-state index in [-0.39, 0.29) is 29.7 Å². The molecule has 2 aromatic carbocycles. The van der Waals surface area contributed by atoms with Gasteiger partial charge < -0.3 is 0 Å². The van der Waals surface area contributed by atoms with Crippen molar-refractivity contribution in [1.29, 1.82) is 0 Å². The zero-order chi connectivity index (χ0) is 20.2. The van der Waals surface area contributed by atoms with Crippen LogP contribution in [0.5, 0.6) is 0 Å². The van der Waals surface area contributed by atoms with E-state index >= 15 is 0 Å². The molecule has 0 unspecified atom stereocenters. The van der Waals surface area contributed by atoms with Crippen molar-refractivity contribution in [3.8, 4) is 11.1 Å². The first-order valence-electron chi connectivity index (χ1n) is 9.37. The molecular formula is C22H20N2O4. The molecule has 0 saturated carbocycles. The molecule has 0 aliphatic carbocycles. The van der Waals surface area contributed by atoms with Crippen molar-refractivity contribution >= 4 is 23.6 Å². The number of fused-ring (bicyclic) bond motifs is 2. The average Bonchev–Trinajstić information content (AvgIpc) is 3.09. The Balaban J connectivity index is 1.75. The molecule has 0 aromatic heterocycles. The minimum Gasteiger partial charge on any atom is -0.277 e. The summed E-state index contributed by atoms with van der Waals surface area (Å²) in [5.74, 6) is -1.18. The zero-order valence-corrected chi connectivity index (χ0v) is 16.0. The lowest BCUT2D eigenvalue weighted by Crippen LogP contribution is -2.39. The van der Waals surface area contributed by atoms with Gasteiger partial charge >= 0.3 is 0 Å². The third-order valence-electron chi connectivity index (χ3n) is 5.65. The van der Waals surface area contributed by atoms with E-state index in [1.807, 2.05) is 13.8 Å². The summed E-state index contributed by atoms with van der Waals surface area (Å²) in [5, 5.41) is 0. The highest BCUT2D eigenvalue weighted by molar-refractivity contribution is 6.23. The highest BCUT2D eigenvalue weighted by atomic mass is 16.2. The van der Waals surface area contributed by atoms with Crippen molar-refractivity contribution in [3.05, 3.63) is 58.7 Å². The smallest absolute Gasteiger partial charge is 0.261 e. The van der Waals surface area contributed by atoms with Crippen molar-refractivity contribution in [1.82, 2.24) is 9.80 Å². The van der Waals surface area contributed by atoms with Crippen LogP contribution < -0.4 is 0 Å². The van der Waals surface area contributed by atoms with Gasteiger partial charge in [0.15, 0.2) is 0 Å². The summed E-state index contributed by atoms with van der Waals surface area (Å²) in [6.07, 6.45) is 1.42. The standard InChI is InChI=1S/C22H20N2O4/c1-4-14(5-2)24-21(27)16-9-7-13(11-18(16)22(24)28)12-6-8-15-17(10-12)20(26)23(3)19(15)25/h6-11,14H,4-5H2,1-3H3. The summed E-state index contributed by atoms with van der Waals surface area (Å²) < 4.78 is 0. The molecular weight excluding hydrogens is 356 g/mol. The summed E-state index contributed by atoms with van der Waals surface area (Å²) in [7, 11) is 1.45. The molecule has 4 amide bonds. The van der Waals surface area contributed by atoms with Crippen LogP contribution in [-0.2, 0) is 0 Å². The molecule has 0 bridgehead atoms. The molecule has 2 heterocycles. The predicted molar refractivity (Wildman–Crippen MR) is 103 cm³/mol. The molecule has 2 aliphatic rings. The van der Waals surface area contributed by atoms with E-state index in [9.17, 15) is 19.2 Å². The fraction of sp³-hybridized carbons (Fsp3) is 0.273. The number of hydrogen-bond acceptors (Lipinski definition) is 4. The van der Waals surface area contributed by atoms with E-state index in [2.05, 4.69) is 0 Å². The lowest BCUT2D eigenvalue weighted by Gasteiger charge is -2.23. The summed E-state index contributed by atoms with van der Waals surface area (Å²) in [5.41, 5.74) is 2.97. The van der Waals surface area contributed by atoms with E-state index < -0.39 is 0 Å². The molecule has 4 rings (SSSR count). The Kier molecular flexibility index (Phi) is 4.14. The van der Waals surface area contributed by atoms with Gasteiger partial charge in [-0.15, -0.1) is 0 Å². The SMILES string of the molecule is CCC(CC)N1C(=O)c2ccc(-c3ccc4c(c3)C(=O)N(C)C4=O)cc2C1=O. The van der Waals surface area contributed by atoms with Gasteiger partial charge in [-0.25, -0.2) is 0 Å². The lowest BCUT2D eigenvalue weighted by atomic mass is 9.97. The summed E-state index contributed by atoms with van der Waals surface area (Å²) in [6.45, 7) is 3.92. The monoisotopic (exact) mass is 376 g/mol.